The Labute approximate surface area is 108 Å². The molecule has 0 fully saturated rings. The standard InChI is InChI=1S/C14H19N3O/c1-3-15-10-12-4-6-14(7-5-12)18-11-13-8-9-17(2)16-13/h4-9,15H,3,10-11H2,1-2H3. The third-order valence-corrected chi connectivity index (χ3v) is 2.66. The second-order valence-electron chi connectivity index (χ2n) is 4.19. The molecule has 1 heterocycles. The Morgan fingerprint density at radius 3 is 2.61 bits per heavy atom. The fourth-order valence-corrected chi connectivity index (χ4v) is 1.67. The zero-order valence-corrected chi connectivity index (χ0v) is 10.9. The molecule has 1 aromatic heterocycles. The summed E-state index contributed by atoms with van der Waals surface area (Å²) in [7, 11) is 1.90. The van der Waals surface area contributed by atoms with Crippen LogP contribution in [0.5, 0.6) is 5.75 Å². The van der Waals surface area contributed by atoms with Crippen LogP contribution >= 0.6 is 0 Å². The van der Waals surface area contributed by atoms with E-state index in [0.29, 0.717) is 6.61 Å². The van der Waals surface area contributed by atoms with E-state index in [0.717, 1.165) is 24.5 Å². The molecule has 2 rings (SSSR count). The van der Waals surface area contributed by atoms with E-state index in [1.54, 1.807) is 4.68 Å². The second-order valence-corrected chi connectivity index (χ2v) is 4.19. The first-order chi connectivity index (χ1) is 8.78. The molecule has 1 aromatic carbocycles. The molecule has 4 heteroatoms. The fourth-order valence-electron chi connectivity index (χ4n) is 1.67. The molecule has 1 N–H and O–H groups in total. The molecule has 2 aromatic rings. The van der Waals surface area contributed by atoms with Gasteiger partial charge in [0.05, 0.1) is 5.69 Å². The lowest BCUT2D eigenvalue weighted by atomic mass is 10.2. The maximum Gasteiger partial charge on any atom is 0.132 e. The molecular formula is C14H19N3O. The Bertz CT molecular complexity index is 476. The quantitative estimate of drug-likeness (QED) is 0.847. The summed E-state index contributed by atoms with van der Waals surface area (Å²) in [5.41, 5.74) is 2.20. The van der Waals surface area contributed by atoms with Crippen LogP contribution in [0.15, 0.2) is 36.5 Å². The van der Waals surface area contributed by atoms with Gasteiger partial charge in [-0.05, 0) is 30.3 Å². The largest absolute Gasteiger partial charge is 0.487 e. The molecule has 96 valence electrons. The predicted octanol–water partition coefficient (Wildman–Crippen LogP) is 2.11. The van der Waals surface area contributed by atoms with Gasteiger partial charge in [0.25, 0.3) is 0 Å². The van der Waals surface area contributed by atoms with Crippen LogP contribution in [0.25, 0.3) is 0 Å². The molecule has 0 unspecified atom stereocenters. The summed E-state index contributed by atoms with van der Waals surface area (Å²) >= 11 is 0. The van der Waals surface area contributed by atoms with Crippen LogP contribution in [0.4, 0.5) is 0 Å². The van der Waals surface area contributed by atoms with Crippen LogP contribution in [0, 0.1) is 0 Å². The first-order valence-corrected chi connectivity index (χ1v) is 6.19. The van der Waals surface area contributed by atoms with Gasteiger partial charge >= 0.3 is 0 Å². The summed E-state index contributed by atoms with van der Waals surface area (Å²) in [6.45, 7) is 4.49. The summed E-state index contributed by atoms with van der Waals surface area (Å²) in [5.74, 6) is 0.876. The molecule has 0 aliphatic carbocycles. The fraction of sp³-hybridized carbons (Fsp3) is 0.357. The molecule has 0 aliphatic heterocycles. The summed E-state index contributed by atoms with van der Waals surface area (Å²) in [4.78, 5) is 0. The Balaban J connectivity index is 1.86. The van der Waals surface area contributed by atoms with Crippen molar-refractivity contribution in [2.75, 3.05) is 6.54 Å². The molecule has 0 spiro atoms. The van der Waals surface area contributed by atoms with E-state index in [1.165, 1.54) is 5.56 Å². The first kappa shape index (κ1) is 12.6. The average molecular weight is 245 g/mol. The van der Waals surface area contributed by atoms with Crippen molar-refractivity contribution < 1.29 is 4.74 Å². The highest BCUT2D eigenvalue weighted by Crippen LogP contribution is 2.13. The van der Waals surface area contributed by atoms with Crippen LogP contribution in [0.2, 0.25) is 0 Å². The van der Waals surface area contributed by atoms with E-state index < -0.39 is 0 Å². The van der Waals surface area contributed by atoms with E-state index >= 15 is 0 Å². The van der Waals surface area contributed by atoms with Crippen molar-refractivity contribution in [3.63, 3.8) is 0 Å². The van der Waals surface area contributed by atoms with Crippen LogP contribution < -0.4 is 10.1 Å². The molecule has 4 nitrogen and oxygen atoms in total. The van der Waals surface area contributed by atoms with Gasteiger partial charge in [-0.25, -0.2) is 0 Å². The van der Waals surface area contributed by atoms with Gasteiger partial charge in [0.2, 0.25) is 0 Å². The summed E-state index contributed by atoms with van der Waals surface area (Å²) in [6.07, 6.45) is 1.91. The third-order valence-electron chi connectivity index (χ3n) is 2.66. The topological polar surface area (TPSA) is 39.1 Å². The summed E-state index contributed by atoms with van der Waals surface area (Å²) in [6, 6.07) is 10.1. The van der Waals surface area contributed by atoms with Crippen LogP contribution in [0.1, 0.15) is 18.2 Å². The number of aromatic nitrogens is 2. The van der Waals surface area contributed by atoms with Gasteiger partial charge in [-0.3, -0.25) is 4.68 Å². The van der Waals surface area contributed by atoms with Crippen molar-refractivity contribution >= 4 is 0 Å². The second kappa shape index (κ2) is 6.21. The first-order valence-electron chi connectivity index (χ1n) is 6.19. The Hall–Kier alpha value is -1.81. The molecular weight excluding hydrogens is 226 g/mol. The molecule has 0 aliphatic rings. The number of hydrogen-bond donors (Lipinski definition) is 1. The van der Waals surface area contributed by atoms with Crippen LogP contribution in [0.3, 0.4) is 0 Å². The lowest BCUT2D eigenvalue weighted by molar-refractivity contribution is 0.300. The Kier molecular flexibility index (Phi) is 4.36. The lowest BCUT2D eigenvalue weighted by Crippen LogP contribution is -2.11. The number of ether oxygens (including phenoxy) is 1. The van der Waals surface area contributed by atoms with Crippen LogP contribution in [-0.2, 0) is 20.2 Å². The maximum atomic E-state index is 5.67. The Morgan fingerprint density at radius 1 is 1.22 bits per heavy atom. The molecule has 0 radical (unpaired) electrons. The van der Waals surface area contributed by atoms with E-state index in [4.69, 9.17) is 4.74 Å². The number of nitrogens with one attached hydrogen (secondary N) is 1. The Morgan fingerprint density at radius 2 is 2.00 bits per heavy atom. The number of aryl methyl sites for hydroxylation is 1. The zero-order chi connectivity index (χ0) is 12.8. The SMILES string of the molecule is CCNCc1ccc(OCc2ccn(C)n2)cc1. The van der Waals surface area contributed by atoms with E-state index in [-0.39, 0.29) is 0 Å². The zero-order valence-electron chi connectivity index (χ0n) is 10.9. The maximum absolute atomic E-state index is 5.67. The normalized spacial score (nSPS) is 10.6. The minimum absolute atomic E-state index is 0.507. The molecule has 0 saturated carbocycles. The number of nitrogens with zero attached hydrogens (tertiary/aromatic N) is 2. The van der Waals surface area contributed by atoms with Crippen molar-refractivity contribution in [3.05, 3.63) is 47.8 Å². The molecule has 0 amide bonds. The molecule has 0 saturated heterocycles. The van der Waals surface area contributed by atoms with Gasteiger partial charge in [0, 0.05) is 19.8 Å². The van der Waals surface area contributed by atoms with Crippen molar-refractivity contribution in [1.82, 2.24) is 15.1 Å². The number of rotatable bonds is 6. The average Bonchev–Trinajstić information content (AvgIpc) is 2.81. The highest BCUT2D eigenvalue weighted by Gasteiger charge is 1.99. The van der Waals surface area contributed by atoms with E-state index in [2.05, 4.69) is 29.5 Å². The molecule has 0 bridgehead atoms. The molecule has 0 atom stereocenters. The van der Waals surface area contributed by atoms with E-state index in [1.807, 2.05) is 31.4 Å². The highest BCUT2D eigenvalue weighted by atomic mass is 16.5. The number of hydrogen-bond acceptors (Lipinski definition) is 3. The lowest BCUT2D eigenvalue weighted by Gasteiger charge is -2.06. The highest BCUT2D eigenvalue weighted by molar-refractivity contribution is 5.27. The molecule has 18 heavy (non-hydrogen) atoms. The number of benzene rings is 1. The van der Waals surface area contributed by atoms with Gasteiger partial charge in [0.15, 0.2) is 0 Å². The monoisotopic (exact) mass is 245 g/mol. The smallest absolute Gasteiger partial charge is 0.132 e. The minimum Gasteiger partial charge on any atom is -0.487 e. The van der Waals surface area contributed by atoms with Gasteiger partial charge in [0.1, 0.15) is 12.4 Å². The van der Waals surface area contributed by atoms with Crippen molar-refractivity contribution in [3.8, 4) is 5.75 Å². The van der Waals surface area contributed by atoms with Gasteiger partial charge in [-0.1, -0.05) is 19.1 Å². The third kappa shape index (κ3) is 3.60. The summed E-state index contributed by atoms with van der Waals surface area (Å²) in [5, 5.41) is 7.56. The van der Waals surface area contributed by atoms with Crippen molar-refractivity contribution in [1.29, 1.82) is 0 Å². The van der Waals surface area contributed by atoms with E-state index in [9.17, 15) is 0 Å². The van der Waals surface area contributed by atoms with Crippen LogP contribution in [-0.4, -0.2) is 16.3 Å². The predicted molar refractivity (Wildman–Crippen MR) is 71.4 cm³/mol. The van der Waals surface area contributed by atoms with Gasteiger partial charge in [-0.2, -0.15) is 5.10 Å². The van der Waals surface area contributed by atoms with Gasteiger partial charge < -0.3 is 10.1 Å². The summed E-state index contributed by atoms with van der Waals surface area (Å²) < 4.78 is 7.44. The van der Waals surface area contributed by atoms with Crippen molar-refractivity contribution in [2.24, 2.45) is 7.05 Å². The van der Waals surface area contributed by atoms with Gasteiger partial charge in [-0.15, -0.1) is 0 Å². The van der Waals surface area contributed by atoms with Crippen molar-refractivity contribution in [2.45, 2.75) is 20.1 Å². The minimum atomic E-state index is 0.507.